The molecule has 1 N–H and O–H groups in total. The molecule has 0 aromatic carbocycles. The predicted molar refractivity (Wildman–Crippen MR) is 109 cm³/mol. The van der Waals surface area contributed by atoms with Crippen LogP contribution in [0.4, 0.5) is 0 Å². The van der Waals surface area contributed by atoms with E-state index in [1.54, 1.807) is 0 Å². The number of carbonyl (C=O) groups excluding carboxylic acids is 1. The average Bonchev–Trinajstić information content (AvgIpc) is 2.95. The zero-order valence-corrected chi connectivity index (χ0v) is 17.4. The van der Waals surface area contributed by atoms with Crippen molar-refractivity contribution in [3.8, 4) is 0 Å². The van der Waals surface area contributed by atoms with Gasteiger partial charge in [0.25, 0.3) is 0 Å². The molecule has 0 radical (unpaired) electrons. The Kier molecular flexibility index (Phi) is 4.99. The molecule has 0 aromatic rings. The van der Waals surface area contributed by atoms with Crippen molar-refractivity contribution < 1.29 is 9.63 Å². The molecule has 4 heteroatoms. The van der Waals surface area contributed by atoms with Gasteiger partial charge < -0.3 is 10.2 Å². The van der Waals surface area contributed by atoms with Crippen LogP contribution in [0.2, 0.25) is 0 Å². The summed E-state index contributed by atoms with van der Waals surface area (Å²) in [6.45, 7) is 10.8. The number of carbonyl (C=O) groups is 1. The zero-order valence-electron chi connectivity index (χ0n) is 17.4. The number of allylic oxidation sites excluding steroid dienone is 1. The lowest BCUT2D eigenvalue weighted by molar-refractivity contribution is -0.134. The van der Waals surface area contributed by atoms with Gasteiger partial charge in [0.15, 0.2) is 0 Å². The quantitative estimate of drug-likeness (QED) is 0.453. The Hall–Kier alpha value is -1.16. The van der Waals surface area contributed by atoms with Gasteiger partial charge in [-0.15, -0.1) is 0 Å². The van der Waals surface area contributed by atoms with Crippen molar-refractivity contribution in [2.45, 2.75) is 65.2 Å². The fraction of sp³-hybridized carbons (Fsp3) is 0.826. The van der Waals surface area contributed by atoms with Crippen molar-refractivity contribution in [1.29, 1.82) is 0 Å². The minimum absolute atomic E-state index is 0.0485. The molecule has 27 heavy (non-hydrogen) atoms. The summed E-state index contributed by atoms with van der Waals surface area (Å²) in [4.78, 5) is 18.1. The van der Waals surface area contributed by atoms with Crippen LogP contribution < -0.4 is 5.32 Å². The van der Waals surface area contributed by atoms with Crippen LogP contribution in [-0.2, 0) is 9.63 Å². The number of Topliss-reactive ketones (excluding diaryl/α,β-unsaturated/α-hetero) is 1. The molecule has 150 valence electrons. The number of nitrogens with zero attached hydrogens (tertiary/aromatic N) is 1. The highest BCUT2D eigenvalue weighted by Crippen LogP contribution is 2.66. The van der Waals surface area contributed by atoms with Gasteiger partial charge in [0, 0.05) is 18.4 Å². The van der Waals surface area contributed by atoms with E-state index >= 15 is 0 Å². The van der Waals surface area contributed by atoms with Gasteiger partial charge in [-0.1, -0.05) is 31.2 Å². The number of rotatable bonds is 4. The first kappa shape index (κ1) is 19.2. The molecule has 0 spiro atoms. The Balaban J connectivity index is 1.52. The highest BCUT2D eigenvalue weighted by molar-refractivity contribution is 5.87. The summed E-state index contributed by atoms with van der Waals surface area (Å²) in [5.74, 6) is 3.04. The second-order valence-corrected chi connectivity index (χ2v) is 10.0. The van der Waals surface area contributed by atoms with Crippen LogP contribution in [0.1, 0.15) is 65.2 Å². The van der Waals surface area contributed by atoms with Crippen molar-refractivity contribution in [1.82, 2.24) is 5.32 Å². The van der Waals surface area contributed by atoms with Gasteiger partial charge in [0.1, 0.15) is 12.4 Å². The van der Waals surface area contributed by atoms with E-state index in [1.807, 2.05) is 7.05 Å². The third-order valence-electron chi connectivity index (χ3n) is 8.81. The molecule has 6 atom stereocenters. The second-order valence-electron chi connectivity index (χ2n) is 10.0. The summed E-state index contributed by atoms with van der Waals surface area (Å²) >= 11 is 0. The van der Waals surface area contributed by atoms with Gasteiger partial charge in [0.05, 0.1) is 5.71 Å². The van der Waals surface area contributed by atoms with Crippen LogP contribution in [0, 0.1) is 34.5 Å². The van der Waals surface area contributed by atoms with E-state index in [0.29, 0.717) is 35.6 Å². The molecule has 0 aliphatic heterocycles. The molecular formula is C23H36N2O2. The first-order valence-electron chi connectivity index (χ1n) is 10.9. The van der Waals surface area contributed by atoms with E-state index in [4.69, 9.17) is 4.84 Å². The monoisotopic (exact) mass is 372 g/mol. The number of oxime groups is 1. The summed E-state index contributed by atoms with van der Waals surface area (Å²) in [6, 6.07) is 0. The maximum absolute atomic E-state index is 12.6. The van der Waals surface area contributed by atoms with Crippen molar-refractivity contribution in [3.63, 3.8) is 0 Å². The normalized spacial score (nSPS) is 45.4. The van der Waals surface area contributed by atoms with E-state index in [0.717, 1.165) is 51.0 Å². The molecule has 1 unspecified atom stereocenters. The smallest absolute Gasteiger partial charge is 0.139 e. The molecule has 4 rings (SSSR count). The highest BCUT2D eigenvalue weighted by Gasteiger charge is 2.60. The van der Waals surface area contributed by atoms with Crippen molar-refractivity contribution >= 4 is 11.5 Å². The lowest BCUT2D eigenvalue weighted by Crippen LogP contribution is -2.54. The zero-order chi connectivity index (χ0) is 19.2. The van der Waals surface area contributed by atoms with Crippen LogP contribution in [0.5, 0.6) is 0 Å². The van der Waals surface area contributed by atoms with Gasteiger partial charge in [-0.25, -0.2) is 0 Å². The van der Waals surface area contributed by atoms with E-state index in [-0.39, 0.29) is 5.41 Å². The van der Waals surface area contributed by atoms with Crippen molar-refractivity contribution in [2.75, 3.05) is 20.2 Å². The topological polar surface area (TPSA) is 50.7 Å². The third-order valence-corrected chi connectivity index (χ3v) is 8.81. The Bertz CT molecular complexity index is 657. The van der Waals surface area contributed by atoms with Crippen LogP contribution >= 0.6 is 0 Å². The van der Waals surface area contributed by atoms with E-state index in [1.165, 1.54) is 24.1 Å². The summed E-state index contributed by atoms with van der Waals surface area (Å²) in [6.07, 6.45) is 8.59. The number of hydrogen-bond acceptors (Lipinski definition) is 4. The predicted octanol–water partition coefficient (Wildman–Crippen LogP) is 4.36. The Morgan fingerprint density at radius 1 is 1.19 bits per heavy atom. The molecule has 4 fully saturated rings. The van der Waals surface area contributed by atoms with Crippen LogP contribution in [0.15, 0.2) is 17.3 Å². The van der Waals surface area contributed by atoms with Crippen LogP contribution in [-0.4, -0.2) is 31.7 Å². The summed E-state index contributed by atoms with van der Waals surface area (Å²) in [5.41, 5.74) is 2.89. The van der Waals surface area contributed by atoms with E-state index in [2.05, 4.69) is 30.9 Å². The molecule has 0 bridgehead atoms. The van der Waals surface area contributed by atoms with Crippen molar-refractivity contribution in [2.24, 2.45) is 39.7 Å². The molecular weight excluding hydrogens is 336 g/mol. The van der Waals surface area contributed by atoms with Crippen molar-refractivity contribution in [3.05, 3.63) is 12.2 Å². The highest BCUT2D eigenvalue weighted by atomic mass is 16.6. The first-order valence-corrected chi connectivity index (χ1v) is 10.9. The molecule has 4 aliphatic carbocycles. The summed E-state index contributed by atoms with van der Waals surface area (Å²) in [5, 5.41) is 7.53. The summed E-state index contributed by atoms with van der Waals surface area (Å²) < 4.78 is 0. The van der Waals surface area contributed by atoms with Gasteiger partial charge in [-0.3, -0.25) is 4.79 Å². The molecule has 0 amide bonds. The second kappa shape index (κ2) is 7.02. The molecule has 0 heterocycles. The number of ketones is 1. The molecule has 4 nitrogen and oxygen atoms in total. The third kappa shape index (κ3) is 2.99. The number of likely N-dealkylation sites (N-methyl/N-ethyl adjacent to an activating group) is 1. The van der Waals surface area contributed by atoms with E-state index < -0.39 is 0 Å². The fourth-order valence-electron chi connectivity index (χ4n) is 7.19. The Labute approximate surface area is 164 Å². The SMILES string of the molecule is C=C1C[C@@H]2[C@@H](CC[C@]3(C)C(=O)CC[C@@H]23)[C@@]2(C)CCC(=NOCCNC)CC12. The molecule has 0 aromatic heterocycles. The van der Waals surface area contributed by atoms with Gasteiger partial charge in [-0.2, -0.15) is 0 Å². The van der Waals surface area contributed by atoms with Crippen LogP contribution in [0.3, 0.4) is 0 Å². The van der Waals surface area contributed by atoms with Gasteiger partial charge >= 0.3 is 0 Å². The van der Waals surface area contributed by atoms with E-state index in [9.17, 15) is 4.79 Å². The largest absolute Gasteiger partial charge is 0.394 e. The maximum Gasteiger partial charge on any atom is 0.139 e. The number of fused-ring (bicyclic) bond motifs is 5. The maximum atomic E-state index is 12.6. The van der Waals surface area contributed by atoms with Gasteiger partial charge in [0.2, 0.25) is 0 Å². The molecule has 0 saturated heterocycles. The van der Waals surface area contributed by atoms with Gasteiger partial charge in [-0.05, 0) is 81.1 Å². The average molecular weight is 373 g/mol. The van der Waals surface area contributed by atoms with Crippen LogP contribution in [0.25, 0.3) is 0 Å². The number of hydrogen-bond donors (Lipinski definition) is 1. The minimum atomic E-state index is -0.0485. The first-order chi connectivity index (χ1) is 12.9. The fourth-order valence-corrected chi connectivity index (χ4v) is 7.19. The molecule has 4 aliphatic rings. The number of nitrogens with one attached hydrogen (secondary N) is 1. The molecule has 4 saturated carbocycles. The Morgan fingerprint density at radius 3 is 2.78 bits per heavy atom. The standard InChI is InChI=1S/C23H36N2O2/c1-15-13-17-18-5-6-21(26)23(18,3)10-8-19(17)22(2)9-7-16(14-20(15)22)25-27-12-11-24-4/h17-20,24H,1,5-14H2,2-4H3/t17-,18-,19+,20?,22+,23-/m0/s1. The lowest BCUT2D eigenvalue weighted by Gasteiger charge is -2.60. The summed E-state index contributed by atoms with van der Waals surface area (Å²) in [7, 11) is 1.93. The Morgan fingerprint density at radius 2 is 2.00 bits per heavy atom. The minimum Gasteiger partial charge on any atom is -0.394 e. The lowest BCUT2D eigenvalue weighted by atomic mass is 9.44.